The fraction of sp³-hybridized carbons (Fsp3) is 0.381. The van der Waals surface area contributed by atoms with Crippen LogP contribution in [0, 0.1) is 11.8 Å². The van der Waals surface area contributed by atoms with E-state index in [1.165, 1.54) is 6.20 Å². The van der Waals surface area contributed by atoms with Gasteiger partial charge in [-0.1, -0.05) is 37.0 Å². The minimum absolute atomic E-state index is 0.00299. The first-order valence-electron chi connectivity index (χ1n) is 9.49. The van der Waals surface area contributed by atoms with E-state index in [1.54, 1.807) is 30.3 Å². The molecular formula is C21H20N2O7. The van der Waals surface area contributed by atoms with E-state index in [1.807, 2.05) is 6.92 Å². The molecule has 0 saturated carbocycles. The molecule has 2 N–H and O–H groups in total. The second-order valence-corrected chi connectivity index (χ2v) is 7.10. The lowest BCUT2D eigenvalue weighted by atomic mass is 9.96. The number of rotatable bonds is 4. The number of hydrogen-bond donors (Lipinski definition) is 2. The summed E-state index contributed by atoms with van der Waals surface area (Å²) in [6.07, 6.45) is -0.703. The van der Waals surface area contributed by atoms with Crippen molar-refractivity contribution in [1.29, 1.82) is 0 Å². The molecular weight excluding hydrogens is 392 g/mol. The summed E-state index contributed by atoms with van der Waals surface area (Å²) in [6.45, 7) is 1.87. The van der Waals surface area contributed by atoms with E-state index < -0.39 is 41.3 Å². The van der Waals surface area contributed by atoms with Crippen molar-refractivity contribution < 1.29 is 24.1 Å². The number of hydrogen-bond acceptors (Lipinski definition) is 7. The van der Waals surface area contributed by atoms with Crippen molar-refractivity contribution in [2.45, 2.75) is 37.4 Å². The summed E-state index contributed by atoms with van der Waals surface area (Å²) in [7, 11) is 0. The highest BCUT2D eigenvalue weighted by molar-refractivity contribution is 5.89. The molecule has 4 rings (SSSR count). The van der Waals surface area contributed by atoms with Gasteiger partial charge in [-0.15, -0.1) is 0 Å². The zero-order valence-corrected chi connectivity index (χ0v) is 16.2. The summed E-state index contributed by atoms with van der Waals surface area (Å²) in [5, 5.41) is 10.4. The van der Waals surface area contributed by atoms with Crippen LogP contribution in [0.1, 0.15) is 35.5 Å². The van der Waals surface area contributed by atoms with Crippen molar-refractivity contribution in [3.05, 3.63) is 68.5 Å². The number of aliphatic hydroxyl groups excluding tert-OH is 1. The van der Waals surface area contributed by atoms with E-state index in [4.69, 9.17) is 14.2 Å². The quantitative estimate of drug-likeness (QED) is 0.543. The number of nitrogens with one attached hydrogen (secondary N) is 1. The predicted octanol–water partition coefficient (Wildman–Crippen LogP) is 0.182. The van der Waals surface area contributed by atoms with Gasteiger partial charge in [-0.3, -0.25) is 14.3 Å². The summed E-state index contributed by atoms with van der Waals surface area (Å²) in [6, 6.07) is 8.44. The Morgan fingerprint density at radius 2 is 2.13 bits per heavy atom. The number of carbonyl (C=O) groups excluding carboxylic acids is 1. The number of ether oxygens (including phenoxy) is 3. The molecule has 1 aromatic heterocycles. The number of benzene rings is 1. The first kappa shape index (κ1) is 20.1. The van der Waals surface area contributed by atoms with E-state index in [0.717, 1.165) is 4.57 Å². The normalized spacial score (nSPS) is 26.8. The van der Waals surface area contributed by atoms with Crippen LogP contribution in [-0.2, 0) is 14.2 Å². The van der Waals surface area contributed by atoms with Crippen LogP contribution in [0.3, 0.4) is 0 Å². The molecule has 9 nitrogen and oxygen atoms in total. The number of fused-ring (bicyclic) bond motifs is 2. The molecule has 2 aromatic rings. The third-order valence-corrected chi connectivity index (χ3v) is 5.36. The van der Waals surface area contributed by atoms with Gasteiger partial charge in [0.25, 0.3) is 5.56 Å². The topological polar surface area (TPSA) is 120 Å². The van der Waals surface area contributed by atoms with Crippen LogP contribution in [0.4, 0.5) is 0 Å². The van der Waals surface area contributed by atoms with E-state index in [-0.39, 0.29) is 18.8 Å². The molecule has 0 aliphatic carbocycles. The van der Waals surface area contributed by atoms with Crippen LogP contribution < -0.4 is 11.2 Å². The van der Waals surface area contributed by atoms with Gasteiger partial charge in [0.15, 0.2) is 12.8 Å². The third kappa shape index (κ3) is 3.45. The Kier molecular flexibility index (Phi) is 5.30. The summed E-state index contributed by atoms with van der Waals surface area (Å²) < 4.78 is 17.7. The number of aliphatic hydroxyl groups is 1. The number of aromatic amines is 1. The van der Waals surface area contributed by atoms with Crippen LogP contribution >= 0.6 is 0 Å². The average Bonchev–Trinajstić information content (AvgIpc) is 3.22. The molecule has 1 unspecified atom stereocenters. The highest BCUT2D eigenvalue weighted by Crippen LogP contribution is 2.46. The SMILES string of the molecule is CC[C@]12COC([C@H](n3cc(C#CCOC(=O)c4ccccc4)c(=O)[nH]c3=O)O1)[C@@H]2O. The number of esters is 1. The summed E-state index contributed by atoms with van der Waals surface area (Å²) >= 11 is 0. The molecule has 0 radical (unpaired) electrons. The molecule has 156 valence electrons. The molecule has 4 atom stereocenters. The zero-order valence-electron chi connectivity index (χ0n) is 16.2. The molecule has 30 heavy (non-hydrogen) atoms. The van der Waals surface area contributed by atoms with Crippen molar-refractivity contribution in [2.24, 2.45) is 0 Å². The molecule has 0 amide bonds. The highest BCUT2D eigenvalue weighted by Gasteiger charge is 2.60. The lowest BCUT2D eigenvalue weighted by molar-refractivity contribution is -0.175. The largest absolute Gasteiger partial charge is 0.449 e. The lowest BCUT2D eigenvalue weighted by Gasteiger charge is -2.30. The minimum Gasteiger partial charge on any atom is -0.449 e. The molecule has 2 fully saturated rings. The second-order valence-electron chi connectivity index (χ2n) is 7.10. The Labute approximate surface area is 171 Å². The Morgan fingerprint density at radius 3 is 2.83 bits per heavy atom. The second kappa shape index (κ2) is 7.91. The molecule has 2 aliphatic heterocycles. The molecule has 0 spiro atoms. The van der Waals surface area contributed by atoms with Crippen molar-refractivity contribution in [3.63, 3.8) is 0 Å². The van der Waals surface area contributed by atoms with Crippen LogP contribution in [0.2, 0.25) is 0 Å². The lowest BCUT2D eigenvalue weighted by Crippen LogP contribution is -2.41. The first-order chi connectivity index (χ1) is 14.4. The van der Waals surface area contributed by atoms with Crippen LogP contribution in [0.5, 0.6) is 0 Å². The maximum atomic E-state index is 12.3. The summed E-state index contributed by atoms with van der Waals surface area (Å²) in [5.41, 5.74) is -1.85. The zero-order chi connectivity index (χ0) is 21.3. The van der Waals surface area contributed by atoms with Gasteiger partial charge in [-0.05, 0) is 18.6 Å². The predicted molar refractivity (Wildman–Crippen MR) is 104 cm³/mol. The van der Waals surface area contributed by atoms with Crippen molar-refractivity contribution in [1.82, 2.24) is 9.55 Å². The monoisotopic (exact) mass is 412 g/mol. The molecule has 2 bridgehead atoms. The average molecular weight is 412 g/mol. The number of H-pyrrole nitrogens is 1. The maximum Gasteiger partial charge on any atom is 0.339 e. The number of aromatic nitrogens is 2. The first-order valence-corrected chi connectivity index (χ1v) is 9.49. The van der Waals surface area contributed by atoms with Gasteiger partial charge < -0.3 is 19.3 Å². The molecule has 3 heterocycles. The van der Waals surface area contributed by atoms with Crippen LogP contribution in [0.15, 0.2) is 46.1 Å². The van der Waals surface area contributed by atoms with Gasteiger partial charge in [0.1, 0.15) is 23.4 Å². The van der Waals surface area contributed by atoms with Crippen molar-refractivity contribution in [2.75, 3.05) is 13.2 Å². The fourth-order valence-electron chi connectivity index (χ4n) is 3.63. The van der Waals surface area contributed by atoms with Gasteiger partial charge >= 0.3 is 11.7 Å². The van der Waals surface area contributed by atoms with E-state index in [2.05, 4.69) is 16.8 Å². The Hall–Kier alpha value is -3.19. The van der Waals surface area contributed by atoms with Gasteiger partial charge in [-0.25, -0.2) is 9.59 Å². The Balaban J connectivity index is 1.51. The molecule has 9 heteroatoms. The standard InChI is InChI=1S/C21H20N2O7/c1-2-21-12-29-15(16(21)24)18(30-21)23-11-14(17(25)22-20(23)27)9-6-10-28-19(26)13-7-4-3-5-8-13/h3-5,7-8,11,15-16,18,24H,2,10,12H2,1H3,(H,22,25,27)/t15?,16-,18+,21+/m0/s1. The highest BCUT2D eigenvalue weighted by atomic mass is 16.6. The number of nitrogens with zero attached hydrogens (tertiary/aromatic N) is 1. The van der Waals surface area contributed by atoms with E-state index >= 15 is 0 Å². The van der Waals surface area contributed by atoms with Crippen molar-refractivity contribution >= 4 is 5.97 Å². The number of carbonyl (C=O) groups is 1. The Morgan fingerprint density at radius 1 is 1.37 bits per heavy atom. The molecule has 2 aliphatic rings. The fourth-order valence-corrected chi connectivity index (χ4v) is 3.63. The Bertz CT molecular complexity index is 1130. The summed E-state index contributed by atoms with van der Waals surface area (Å²) in [5.74, 6) is 4.66. The minimum atomic E-state index is -0.880. The smallest absolute Gasteiger partial charge is 0.339 e. The van der Waals surface area contributed by atoms with Gasteiger partial charge in [0.05, 0.1) is 12.2 Å². The van der Waals surface area contributed by atoms with Crippen LogP contribution in [0.25, 0.3) is 0 Å². The van der Waals surface area contributed by atoms with Crippen LogP contribution in [-0.4, -0.2) is 51.6 Å². The van der Waals surface area contributed by atoms with Gasteiger partial charge in [0, 0.05) is 6.20 Å². The van der Waals surface area contributed by atoms with Gasteiger partial charge in [-0.2, -0.15) is 0 Å². The van der Waals surface area contributed by atoms with Gasteiger partial charge in [0.2, 0.25) is 0 Å². The van der Waals surface area contributed by atoms with E-state index in [9.17, 15) is 19.5 Å². The molecule has 2 saturated heterocycles. The van der Waals surface area contributed by atoms with E-state index in [0.29, 0.717) is 12.0 Å². The third-order valence-electron chi connectivity index (χ3n) is 5.36. The molecule has 1 aromatic carbocycles. The van der Waals surface area contributed by atoms with Crippen molar-refractivity contribution in [3.8, 4) is 11.8 Å². The maximum absolute atomic E-state index is 12.3. The summed E-state index contributed by atoms with van der Waals surface area (Å²) in [4.78, 5) is 38.5.